The minimum atomic E-state index is -0.0764. The third-order valence-corrected chi connectivity index (χ3v) is 28.6. The molecule has 0 aromatic carbocycles. The van der Waals surface area contributed by atoms with E-state index in [0.717, 1.165) is 20.9 Å². The van der Waals surface area contributed by atoms with Crippen LogP contribution in [0.5, 0.6) is 0 Å². The van der Waals surface area contributed by atoms with E-state index in [1.54, 1.807) is 18.7 Å². The van der Waals surface area contributed by atoms with Gasteiger partial charge in [-0.1, -0.05) is 83.1 Å². The fourth-order valence-corrected chi connectivity index (χ4v) is 18.2. The Morgan fingerprint density at radius 1 is 0.228 bits per heavy atom. The number of thiophene rings is 10. The highest BCUT2D eigenvalue weighted by atomic mass is 32.1. The molecule has 0 aliphatic rings. The van der Waals surface area contributed by atoms with Crippen molar-refractivity contribution in [1.82, 2.24) is 0 Å². The van der Waals surface area contributed by atoms with Crippen molar-refractivity contribution in [3.8, 4) is 0 Å². The van der Waals surface area contributed by atoms with E-state index in [1.165, 1.54) is 156 Å². The Balaban J connectivity index is 0.000000513. The Morgan fingerprint density at radius 3 is 0.609 bits per heavy atom. The molecule has 0 saturated carbocycles. The lowest BCUT2D eigenvalue weighted by molar-refractivity contribution is 0.623. The third-order valence-electron chi connectivity index (χ3n) is 16.8. The molecule has 0 bridgehead atoms. The fraction of sp³-hybridized carbons (Fsp3) is 0.500. The summed E-state index contributed by atoms with van der Waals surface area (Å²) in [5, 5.41) is 18.7. The Kier molecular flexibility index (Phi) is 40.1. The van der Waals surface area contributed by atoms with Crippen LogP contribution in [0.15, 0.2) is 54.5 Å². The highest BCUT2D eigenvalue weighted by Crippen LogP contribution is 2.34. The van der Waals surface area contributed by atoms with Gasteiger partial charge in [0.2, 0.25) is 0 Å². The van der Waals surface area contributed by atoms with E-state index in [-0.39, 0.29) is 11.6 Å². The standard InChI is InChI=1S/2C11H18S.2C9H14S.4C7H10S.2C6H7FS/c1-7(2)10-6-12-11(8(3)4)9(10)5;1-7(2)10-6-11(8(3)4)12-9(10)5;1-6(2)9-5-10-8(4)7(9)3;1-6(2)9-8(4)7(3)5-10-9;4*1-5-4-8-7(3)6(5)2;2*1-4-5(2)8-3-6(4)7/h2*6-8H,1-5H3;2*5-6H,1-4H3;4*4H,1-3H3;2*3H,1-2H3. The van der Waals surface area contributed by atoms with Crippen LogP contribution in [0.4, 0.5) is 8.78 Å². The first kappa shape index (κ1) is 86.9. The number of rotatable bonds is 6. The summed E-state index contributed by atoms with van der Waals surface area (Å²) in [6.07, 6.45) is 0. The molecule has 0 aliphatic carbocycles. The molecule has 0 saturated heterocycles. The van der Waals surface area contributed by atoms with Crippen molar-refractivity contribution in [2.24, 2.45) is 0 Å². The van der Waals surface area contributed by atoms with Crippen molar-refractivity contribution in [2.45, 2.75) is 271 Å². The molecule has 0 spiro atoms. The highest BCUT2D eigenvalue weighted by Gasteiger charge is 2.14. The monoisotopic (exact) mass is 1440 g/mol. The van der Waals surface area contributed by atoms with Crippen LogP contribution in [0, 0.1) is 164 Å². The normalized spacial score (nSPS) is 10.5. The van der Waals surface area contributed by atoms with Crippen molar-refractivity contribution < 1.29 is 8.78 Å². The molecule has 512 valence electrons. The van der Waals surface area contributed by atoms with Crippen molar-refractivity contribution in [1.29, 1.82) is 0 Å². The smallest absolute Gasteiger partial charge is 0.137 e. The number of hydrogen-bond donors (Lipinski definition) is 0. The molecular weight excluding hydrogens is 1320 g/mol. The van der Waals surface area contributed by atoms with Gasteiger partial charge in [-0.3, -0.25) is 0 Å². The average Bonchev–Trinajstić information content (AvgIpc) is 2.55. The van der Waals surface area contributed by atoms with Gasteiger partial charge in [-0.2, -0.15) is 0 Å². The zero-order valence-electron chi connectivity index (χ0n) is 63.1. The molecule has 12 heteroatoms. The van der Waals surface area contributed by atoms with E-state index in [1.807, 2.05) is 105 Å². The Bertz CT molecular complexity index is 3130. The second kappa shape index (κ2) is 42.5. The summed E-state index contributed by atoms with van der Waals surface area (Å²) in [7, 11) is 0. The van der Waals surface area contributed by atoms with Gasteiger partial charge >= 0.3 is 0 Å². The van der Waals surface area contributed by atoms with Gasteiger partial charge in [0.15, 0.2) is 0 Å². The van der Waals surface area contributed by atoms with E-state index in [0.29, 0.717) is 35.5 Å². The first-order chi connectivity index (χ1) is 42.6. The molecule has 0 radical (unpaired) electrons. The summed E-state index contributed by atoms with van der Waals surface area (Å²) in [5.41, 5.74) is 23.6. The molecule has 10 rings (SSSR count). The van der Waals surface area contributed by atoms with Gasteiger partial charge in [-0.15, -0.1) is 113 Å². The van der Waals surface area contributed by atoms with E-state index in [2.05, 4.69) is 251 Å². The van der Waals surface area contributed by atoms with Crippen molar-refractivity contribution >= 4 is 113 Å². The predicted octanol–water partition coefficient (Wildman–Crippen LogP) is 31.3. The average molecular weight is 1440 g/mol. The van der Waals surface area contributed by atoms with E-state index >= 15 is 0 Å². The Morgan fingerprint density at radius 2 is 0.478 bits per heavy atom. The SMILES string of the molecule is Cc1c(C(C)C)csc1C(C)C.Cc1csc(C(C)C)c1C.Cc1csc(C)c1C.Cc1csc(C)c1C.Cc1csc(C)c1C.Cc1csc(C)c1C.Cc1sc(C(C)C)cc1C(C)C.Cc1scc(C(C)C)c1C.Cc1scc(F)c1C.Cc1scc(F)c1C. The van der Waals surface area contributed by atoms with E-state index < -0.39 is 0 Å². The van der Waals surface area contributed by atoms with Gasteiger partial charge in [-0.05, 0) is 326 Å². The summed E-state index contributed by atoms with van der Waals surface area (Å²) >= 11 is 17.8. The molecule has 0 atom stereocenters. The molecule has 92 heavy (non-hydrogen) atoms. The molecule has 0 amide bonds. The summed E-state index contributed by atoms with van der Waals surface area (Å²) in [5.74, 6) is 3.94. The lowest BCUT2D eigenvalue weighted by Gasteiger charge is -2.06. The van der Waals surface area contributed by atoms with Crippen molar-refractivity contribution in [3.05, 3.63) is 214 Å². The lowest BCUT2D eigenvalue weighted by atomic mass is 9.99. The van der Waals surface area contributed by atoms with Gasteiger partial charge < -0.3 is 0 Å². The maximum Gasteiger partial charge on any atom is 0.137 e. The summed E-state index contributed by atoms with van der Waals surface area (Å²) < 4.78 is 24.7. The number of halogens is 2. The lowest BCUT2D eigenvalue weighted by Crippen LogP contribution is -1.90. The van der Waals surface area contributed by atoms with Crippen LogP contribution in [0.2, 0.25) is 0 Å². The molecule has 0 fully saturated rings. The molecule has 0 unspecified atom stereocenters. The van der Waals surface area contributed by atoms with Crippen LogP contribution in [0.25, 0.3) is 0 Å². The number of aryl methyl sites for hydroxylation is 13. The van der Waals surface area contributed by atoms with Gasteiger partial charge in [-0.25, -0.2) is 8.78 Å². The minimum Gasteiger partial charge on any atom is -0.206 e. The van der Waals surface area contributed by atoms with Crippen molar-refractivity contribution in [2.75, 3.05) is 0 Å². The number of hydrogen-bond acceptors (Lipinski definition) is 10. The molecule has 10 aromatic heterocycles. The summed E-state index contributed by atoms with van der Waals surface area (Å²) in [6.45, 7) is 73.7. The molecule has 0 N–H and O–H groups in total. The van der Waals surface area contributed by atoms with Gasteiger partial charge in [0, 0.05) is 64.4 Å². The summed E-state index contributed by atoms with van der Waals surface area (Å²) in [6, 6.07) is 2.37. The van der Waals surface area contributed by atoms with Crippen LogP contribution in [0.3, 0.4) is 0 Å². The van der Waals surface area contributed by atoms with E-state index in [9.17, 15) is 8.78 Å². The zero-order chi connectivity index (χ0) is 70.9. The first-order valence-corrected chi connectivity index (χ1v) is 41.1. The van der Waals surface area contributed by atoms with Crippen LogP contribution >= 0.6 is 113 Å². The van der Waals surface area contributed by atoms with Gasteiger partial charge in [0.25, 0.3) is 0 Å². The van der Waals surface area contributed by atoms with Crippen LogP contribution in [-0.4, -0.2) is 0 Å². The van der Waals surface area contributed by atoms with Crippen LogP contribution < -0.4 is 0 Å². The Labute approximate surface area is 601 Å². The molecule has 0 aliphatic heterocycles. The fourth-order valence-electron chi connectivity index (χ4n) is 8.65. The highest BCUT2D eigenvalue weighted by molar-refractivity contribution is 7.13. The maximum atomic E-state index is 12.3. The first-order valence-electron chi connectivity index (χ1n) is 32.3. The van der Waals surface area contributed by atoms with Crippen molar-refractivity contribution in [3.63, 3.8) is 0 Å². The molecule has 0 nitrogen and oxygen atoms in total. The zero-order valence-corrected chi connectivity index (χ0v) is 71.2. The van der Waals surface area contributed by atoms with Gasteiger partial charge in [0.1, 0.15) is 11.6 Å². The van der Waals surface area contributed by atoms with Crippen LogP contribution in [-0.2, 0) is 0 Å². The van der Waals surface area contributed by atoms with E-state index in [4.69, 9.17) is 0 Å². The minimum absolute atomic E-state index is 0.0764. The third kappa shape index (κ3) is 28.5. The Hall–Kier alpha value is -3.14. The molecule has 10 heterocycles. The maximum absolute atomic E-state index is 12.3. The summed E-state index contributed by atoms with van der Waals surface area (Å²) in [4.78, 5) is 15.5. The quantitative estimate of drug-likeness (QED) is 0.156. The molecule has 10 aromatic rings. The second-order valence-electron chi connectivity index (χ2n) is 26.0. The largest absolute Gasteiger partial charge is 0.206 e. The van der Waals surface area contributed by atoms with Gasteiger partial charge in [0.05, 0.1) is 0 Å². The predicted molar refractivity (Wildman–Crippen MR) is 432 cm³/mol. The second-order valence-corrected chi connectivity index (χ2v) is 36.7. The molecular formula is C80H118F2S10. The topological polar surface area (TPSA) is 0 Å². The van der Waals surface area contributed by atoms with Crippen LogP contribution in [0.1, 0.15) is 267 Å².